The molecule has 0 heterocycles. The molecule has 1 fully saturated rings. The molecule has 0 amide bonds. The summed E-state index contributed by atoms with van der Waals surface area (Å²) >= 11 is 6.31. The lowest BCUT2D eigenvalue weighted by Gasteiger charge is -2.45. The van der Waals surface area contributed by atoms with E-state index < -0.39 is 11.0 Å². The zero-order valence-electron chi connectivity index (χ0n) is 10.7. The summed E-state index contributed by atoms with van der Waals surface area (Å²) in [7, 11) is 0. The third-order valence-electron chi connectivity index (χ3n) is 4.06. The SMILES string of the molecule is C=C1CCC(C)(O)CC1(CN)c1ccccc1Cl. The molecule has 0 saturated heterocycles. The first-order valence-electron chi connectivity index (χ1n) is 6.27. The molecule has 1 saturated carbocycles. The van der Waals surface area contributed by atoms with Crippen molar-refractivity contribution in [3.05, 3.63) is 47.0 Å². The molecular formula is C15H20ClNO. The van der Waals surface area contributed by atoms with Crippen LogP contribution in [0.3, 0.4) is 0 Å². The Morgan fingerprint density at radius 2 is 2.11 bits per heavy atom. The van der Waals surface area contributed by atoms with Crippen LogP contribution in [-0.4, -0.2) is 17.3 Å². The third kappa shape index (κ3) is 2.20. The summed E-state index contributed by atoms with van der Waals surface area (Å²) in [6.45, 7) is 6.46. The zero-order chi connectivity index (χ0) is 13.4. The monoisotopic (exact) mass is 265 g/mol. The fraction of sp³-hybridized carbons (Fsp3) is 0.467. The highest BCUT2D eigenvalue weighted by molar-refractivity contribution is 6.31. The van der Waals surface area contributed by atoms with Crippen molar-refractivity contribution in [1.29, 1.82) is 0 Å². The fourth-order valence-electron chi connectivity index (χ4n) is 2.98. The molecular weight excluding hydrogens is 246 g/mol. The summed E-state index contributed by atoms with van der Waals surface area (Å²) in [5.41, 5.74) is 6.97. The van der Waals surface area contributed by atoms with Gasteiger partial charge in [0.1, 0.15) is 0 Å². The number of halogens is 1. The molecule has 3 heteroatoms. The Morgan fingerprint density at radius 1 is 1.44 bits per heavy atom. The topological polar surface area (TPSA) is 46.2 Å². The summed E-state index contributed by atoms with van der Waals surface area (Å²) in [5, 5.41) is 11.1. The first-order valence-corrected chi connectivity index (χ1v) is 6.65. The molecule has 1 aliphatic rings. The Morgan fingerprint density at radius 3 is 2.72 bits per heavy atom. The first-order chi connectivity index (χ1) is 8.41. The highest BCUT2D eigenvalue weighted by atomic mass is 35.5. The van der Waals surface area contributed by atoms with Gasteiger partial charge in [0.25, 0.3) is 0 Å². The predicted molar refractivity (Wildman–Crippen MR) is 75.8 cm³/mol. The summed E-state index contributed by atoms with van der Waals surface area (Å²) < 4.78 is 0. The maximum atomic E-state index is 10.4. The lowest BCUT2D eigenvalue weighted by Crippen LogP contribution is -2.48. The minimum Gasteiger partial charge on any atom is -0.390 e. The van der Waals surface area contributed by atoms with E-state index >= 15 is 0 Å². The Balaban J connectivity index is 2.53. The average molecular weight is 266 g/mol. The minimum atomic E-state index is -0.709. The lowest BCUT2D eigenvalue weighted by atomic mass is 9.62. The quantitative estimate of drug-likeness (QED) is 0.808. The second-order valence-electron chi connectivity index (χ2n) is 5.54. The molecule has 2 unspecified atom stereocenters. The zero-order valence-corrected chi connectivity index (χ0v) is 11.5. The Bertz CT molecular complexity index is 469. The Kier molecular flexibility index (Phi) is 3.54. The van der Waals surface area contributed by atoms with Gasteiger partial charge in [-0.15, -0.1) is 0 Å². The Hall–Kier alpha value is -0.830. The van der Waals surface area contributed by atoms with Crippen LogP contribution in [0, 0.1) is 0 Å². The van der Waals surface area contributed by atoms with Crippen molar-refractivity contribution in [1.82, 2.24) is 0 Å². The van der Waals surface area contributed by atoms with Crippen LogP contribution < -0.4 is 5.73 Å². The van der Waals surface area contributed by atoms with Crippen LogP contribution in [0.25, 0.3) is 0 Å². The summed E-state index contributed by atoms with van der Waals surface area (Å²) in [6.07, 6.45) is 2.10. The van der Waals surface area contributed by atoms with E-state index in [2.05, 4.69) is 6.58 Å². The molecule has 18 heavy (non-hydrogen) atoms. The van der Waals surface area contributed by atoms with E-state index in [4.69, 9.17) is 17.3 Å². The molecule has 0 aromatic heterocycles. The van der Waals surface area contributed by atoms with Crippen molar-refractivity contribution < 1.29 is 5.11 Å². The second kappa shape index (κ2) is 4.69. The molecule has 0 radical (unpaired) electrons. The van der Waals surface area contributed by atoms with Crippen molar-refractivity contribution in [2.24, 2.45) is 5.73 Å². The molecule has 2 nitrogen and oxygen atoms in total. The van der Waals surface area contributed by atoms with Crippen LogP contribution in [0.4, 0.5) is 0 Å². The molecule has 2 atom stereocenters. The van der Waals surface area contributed by atoms with Gasteiger partial charge >= 0.3 is 0 Å². The lowest BCUT2D eigenvalue weighted by molar-refractivity contribution is 0.00932. The van der Waals surface area contributed by atoms with E-state index in [0.717, 1.165) is 24.0 Å². The van der Waals surface area contributed by atoms with Crippen molar-refractivity contribution >= 4 is 11.6 Å². The number of rotatable bonds is 2. The molecule has 0 spiro atoms. The van der Waals surface area contributed by atoms with Crippen molar-refractivity contribution in [2.75, 3.05) is 6.54 Å². The molecule has 1 aromatic carbocycles. The molecule has 0 aliphatic heterocycles. The normalized spacial score (nSPS) is 32.6. The fourth-order valence-corrected chi connectivity index (χ4v) is 3.30. The number of hydrogen-bond acceptors (Lipinski definition) is 2. The van der Waals surface area contributed by atoms with Gasteiger partial charge in [0.05, 0.1) is 5.60 Å². The highest BCUT2D eigenvalue weighted by Gasteiger charge is 2.44. The minimum absolute atomic E-state index is 0.403. The van der Waals surface area contributed by atoms with Crippen LogP contribution in [0.5, 0.6) is 0 Å². The second-order valence-corrected chi connectivity index (χ2v) is 5.95. The van der Waals surface area contributed by atoms with Crippen LogP contribution in [0.15, 0.2) is 36.4 Å². The highest BCUT2D eigenvalue weighted by Crippen LogP contribution is 2.47. The van der Waals surface area contributed by atoms with E-state index in [0.29, 0.717) is 18.0 Å². The van der Waals surface area contributed by atoms with E-state index in [9.17, 15) is 5.11 Å². The smallest absolute Gasteiger partial charge is 0.0635 e. The predicted octanol–water partition coefficient (Wildman–Crippen LogP) is 3.03. The van der Waals surface area contributed by atoms with Gasteiger partial charge in [0.15, 0.2) is 0 Å². The van der Waals surface area contributed by atoms with E-state index in [1.807, 2.05) is 31.2 Å². The van der Waals surface area contributed by atoms with E-state index in [-0.39, 0.29) is 0 Å². The summed E-state index contributed by atoms with van der Waals surface area (Å²) in [4.78, 5) is 0. The van der Waals surface area contributed by atoms with Gasteiger partial charge in [0, 0.05) is 17.0 Å². The first kappa shape index (κ1) is 13.6. The van der Waals surface area contributed by atoms with Crippen LogP contribution in [0.1, 0.15) is 31.7 Å². The van der Waals surface area contributed by atoms with Crippen LogP contribution >= 0.6 is 11.6 Å². The summed E-state index contributed by atoms with van der Waals surface area (Å²) in [6, 6.07) is 7.71. The molecule has 1 aliphatic carbocycles. The maximum absolute atomic E-state index is 10.4. The van der Waals surface area contributed by atoms with Gasteiger partial charge in [-0.05, 0) is 37.8 Å². The number of nitrogens with two attached hydrogens (primary N) is 1. The molecule has 1 aromatic rings. The van der Waals surface area contributed by atoms with E-state index in [1.54, 1.807) is 0 Å². The summed E-state index contributed by atoms with van der Waals surface area (Å²) in [5.74, 6) is 0. The van der Waals surface area contributed by atoms with Gasteiger partial charge in [-0.2, -0.15) is 0 Å². The van der Waals surface area contributed by atoms with Gasteiger partial charge in [-0.1, -0.05) is 42.0 Å². The van der Waals surface area contributed by atoms with Crippen molar-refractivity contribution in [2.45, 2.75) is 37.2 Å². The van der Waals surface area contributed by atoms with Gasteiger partial charge in [-0.3, -0.25) is 0 Å². The van der Waals surface area contributed by atoms with Crippen molar-refractivity contribution in [3.8, 4) is 0 Å². The standard InChI is InChI=1S/C15H20ClNO/c1-11-7-8-14(2,18)9-15(11,10-17)12-5-3-4-6-13(12)16/h3-6,18H,1,7-10,17H2,2H3. The Labute approximate surface area is 113 Å². The van der Waals surface area contributed by atoms with Gasteiger partial charge < -0.3 is 10.8 Å². The molecule has 2 rings (SSSR count). The number of benzene rings is 1. The number of aliphatic hydroxyl groups is 1. The largest absolute Gasteiger partial charge is 0.390 e. The van der Waals surface area contributed by atoms with Crippen LogP contribution in [0.2, 0.25) is 5.02 Å². The van der Waals surface area contributed by atoms with E-state index in [1.165, 1.54) is 0 Å². The molecule has 0 bridgehead atoms. The van der Waals surface area contributed by atoms with Gasteiger partial charge in [-0.25, -0.2) is 0 Å². The van der Waals surface area contributed by atoms with Crippen LogP contribution in [-0.2, 0) is 5.41 Å². The van der Waals surface area contributed by atoms with Crippen molar-refractivity contribution in [3.63, 3.8) is 0 Å². The maximum Gasteiger partial charge on any atom is 0.0635 e. The number of hydrogen-bond donors (Lipinski definition) is 2. The third-order valence-corrected chi connectivity index (χ3v) is 4.39. The molecule has 98 valence electrons. The van der Waals surface area contributed by atoms with Gasteiger partial charge in [0.2, 0.25) is 0 Å². The average Bonchev–Trinajstić information content (AvgIpc) is 2.33. The molecule has 3 N–H and O–H groups in total.